The second-order valence-electron chi connectivity index (χ2n) is 6.52. The van der Waals surface area contributed by atoms with E-state index in [0.29, 0.717) is 5.92 Å². The summed E-state index contributed by atoms with van der Waals surface area (Å²) in [4.78, 5) is 0. The van der Waals surface area contributed by atoms with Gasteiger partial charge in [-0.1, -0.05) is 65.7 Å². The molecule has 1 aromatic heterocycles. The van der Waals surface area contributed by atoms with Crippen molar-refractivity contribution in [2.45, 2.75) is 84.6 Å². The molecule has 1 heterocycles. The van der Waals surface area contributed by atoms with E-state index in [1.54, 1.807) is 0 Å². The van der Waals surface area contributed by atoms with E-state index in [1.165, 1.54) is 62.6 Å². The molecule has 0 saturated carbocycles. The number of nitrogens with one attached hydrogen (secondary N) is 1. The van der Waals surface area contributed by atoms with Gasteiger partial charge < -0.3 is 5.32 Å². The molecule has 3 heteroatoms. The fourth-order valence-corrected chi connectivity index (χ4v) is 2.78. The lowest BCUT2D eigenvalue weighted by Crippen LogP contribution is -2.15. The fraction of sp³-hybridized carbons (Fsp3) is 0.833. The summed E-state index contributed by atoms with van der Waals surface area (Å²) in [6.45, 7) is 8.78. The predicted molar refractivity (Wildman–Crippen MR) is 91.6 cm³/mol. The molecule has 21 heavy (non-hydrogen) atoms. The average Bonchev–Trinajstić information content (AvgIpc) is 2.82. The first-order chi connectivity index (χ1) is 10.1. The van der Waals surface area contributed by atoms with Gasteiger partial charge in [-0.05, 0) is 18.9 Å². The third kappa shape index (κ3) is 7.66. The zero-order valence-corrected chi connectivity index (χ0v) is 14.6. The highest BCUT2D eigenvalue weighted by Crippen LogP contribution is 2.17. The molecule has 122 valence electrons. The van der Waals surface area contributed by atoms with Crippen molar-refractivity contribution in [2.75, 3.05) is 6.54 Å². The molecule has 0 aromatic carbocycles. The van der Waals surface area contributed by atoms with E-state index < -0.39 is 0 Å². The quantitative estimate of drug-likeness (QED) is 0.562. The van der Waals surface area contributed by atoms with E-state index in [9.17, 15) is 0 Å². The summed E-state index contributed by atoms with van der Waals surface area (Å²) >= 11 is 0. The van der Waals surface area contributed by atoms with Crippen LogP contribution in [-0.2, 0) is 13.6 Å². The molecule has 0 aliphatic rings. The fourth-order valence-electron chi connectivity index (χ4n) is 2.78. The summed E-state index contributed by atoms with van der Waals surface area (Å²) in [6, 6.07) is 0. The number of nitrogens with zero attached hydrogens (tertiary/aromatic N) is 2. The molecular weight excluding hydrogens is 258 g/mol. The monoisotopic (exact) mass is 293 g/mol. The Hall–Kier alpha value is -0.830. The van der Waals surface area contributed by atoms with Crippen molar-refractivity contribution >= 4 is 0 Å². The van der Waals surface area contributed by atoms with Gasteiger partial charge in [-0.25, -0.2) is 0 Å². The van der Waals surface area contributed by atoms with Crippen LogP contribution in [0.15, 0.2) is 6.20 Å². The number of unbranched alkanes of at least 4 members (excludes halogenated alkanes) is 7. The Kier molecular flexibility index (Phi) is 9.40. The molecule has 0 saturated heterocycles. The lowest BCUT2D eigenvalue weighted by Gasteiger charge is -2.07. The van der Waals surface area contributed by atoms with Gasteiger partial charge in [0.1, 0.15) is 0 Å². The summed E-state index contributed by atoms with van der Waals surface area (Å²) in [5.74, 6) is 0.506. The molecule has 0 spiro atoms. The molecule has 0 amide bonds. The third-order valence-corrected chi connectivity index (χ3v) is 4.01. The number of hydrogen-bond donors (Lipinski definition) is 1. The van der Waals surface area contributed by atoms with Crippen LogP contribution in [0, 0.1) is 0 Å². The zero-order valence-electron chi connectivity index (χ0n) is 14.6. The van der Waals surface area contributed by atoms with E-state index >= 15 is 0 Å². The van der Waals surface area contributed by atoms with Crippen molar-refractivity contribution in [3.63, 3.8) is 0 Å². The van der Waals surface area contributed by atoms with Crippen LogP contribution < -0.4 is 5.32 Å². The van der Waals surface area contributed by atoms with E-state index in [-0.39, 0.29) is 0 Å². The van der Waals surface area contributed by atoms with Gasteiger partial charge in [0.25, 0.3) is 0 Å². The molecule has 3 nitrogen and oxygen atoms in total. The van der Waals surface area contributed by atoms with Gasteiger partial charge in [-0.2, -0.15) is 5.10 Å². The van der Waals surface area contributed by atoms with Gasteiger partial charge in [-0.3, -0.25) is 4.68 Å². The minimum absolute atomic E-state index is 0.506. The highest BCUT2D eigenvalue weighted by Gasteiger charge is 2.10. The van der Waals surface area contributed by atoms with Gasteiger partial charge in [0.05, 0.1) is 5.69 Å². The molecule has 0 aliphatic heterocycles. The second kappa shape index (κ2) is 10.8. The van der Waals surface area contributed by atoms with E-state index in [0.717, 1.165) is 13.1 Å². The maximum absolute atomic E-state index is 4.55. The molecule has 0 atom stereocenters. The van der Waals surface area contributed by atoms with E-state index in [4.69, 9.17) is 0 Å². The van der Waals surface area contributed by atoms with Gasteiger partial charge >= 0.3 is 0 Å². The van der Waals surface area contributed by atoms with Crippen molar-refractivity contribution in [3.8, 4) is 0 Å². The molecule has 1 rings (SSSR count). The maximum atomic E-state index is 4.55. The molecule has 0 radical (unpaired) electrons. The van der Waals surface area contributed by atoms with E-state index in [1.807, 2.05) is 11.7 Å². The van der Waals surface area contributed by atoms with Crippen molar-refractivity contribution in [1.29, 1.82) is 0 Å². The highest BCUT2D eigenvalue weighted by atomic mass is 15.3. The van der Waals surface area contributed by atoms with Gasteiger partial charge in [0.2, 0.25) is 0 Å². The minimum Gasteiger partial charge on any atom is -0.313 e. The maximum Gasteiger partial charge on any atom is 0.0694 e. The SMILES string of the molecule is CCCCCCCCCCNCc1cn(C)nc1C(C)C. The summed E-state index contributed by atoms with van der Waals surface area (Å²) in [5, 5.41) is 8.12. The van der Waals surface area contributed by atoms with Gasteiger partial charge in [0.15, 0.2) is 0 Å². The Morgan fingerprint density at radius 1 is 1.05 bits per heavy atom. The predicted octanol–water partition coefficient (Wildman–Crippen LogP) is 4.77. The Balaban J connectivity index is 2.04. The van der Waals surface area contributed by atoms with Crippen LogP contribution >= 0.6 is 0 Å². The van der Waals surface area contributed by atoms with Crippen LogP contribution in [0.3, 0.4) is 0 Å². The molecule has 0 unspecified atom stereocenters. The first kappa shape index (κ1) is 18.2. The molecule has 1 aromatic rings. The summed E-state index contributed by atoms with van der Waals surface area (Å²) in [7, 11) is 2.01. The first-order valence-electron chi connectivity index (χ1n) is 8.88. The van der Waals surface area contributed by atoms with Crippen LogP contribution in [0.4, 0.5) is 0 Å². The first-order valence-corrected chi connectivity index (χ1v) is 8.88. The number of aryl methyl sites for hydroxylation is 1. The van der Waals surface area contributed by atoms with Crippen LogP contribution in [0.1, 0.15) is 89.3 Å². The van der Waals surface area contributed by atoms with Gasteiger partial charge in [-0.15, -0.1) is 0 Å². The van der Waals surface area contributed by atoms with Gasteiger partial charge in [0, 0.05) is 25.4 Å². The van der Waals surface area contributed by atoms with Crippen molar-refractivity contribution in [2.24, 2.45) is 7.05 Å². The lowest BCUT2D eigenvalue weighted by molar-refractivity contribution is 0.554. The summed E-state index contributed by atoms with van der Waals surface area (Å²) in [6.07, 6.45) is 13.2. The summed E-state index contributed by atoms with van der Waals surface area (Å²) in [5.41, 5.74) is 2.59. The van der Waals surface area contributed by atoms with Crippen LogP contribution in [0.2, 0.25) is 0 Å². The third-order valence-electron chi connectivity index (χ3n) is 4.01. The largest absolute Gasteiger partial charge is 0.313 e. The molecular formula is C18H35N3. The van der Waals surface area contributed by atoms with Crippen LogP contribution in [0.25, 0.3) is 0 Å². The average molecular weight is 293 g/mol. The topological polar surface area (TPSA) is 29.9 Å². The standard InChI is InChI=1S/C18H35N3/c1-5-6-7-8-9-10-11-12-13-19-14-17-15-21(4)20-18(17)16(2)3/h15-16,19H,5-14H2,1-4H3. The number of aromatic nitrogens is 2. The molecule has 1 N–H and O–H groups in total. The lowest BCUT2D eigenvalue weighted by atomic mass is 10.1. The Morgan fingerprint density at radius 2 is 1.67 bits per heavy atom. The van der Waals surface area contributed by atoms with E-state index in [2.05, 4.69) is 37.4 Å². The minimum atomic E-state index is 0.506. The highest BCUT2D eigenvalue weighted by molar-refractivity contribution is 5.19. The molecule has 0 aliphatic carbocycles. The van der Waals surface area contributed by atoms with Crippen molar-refractivity contribution in [3.05, 3.63) is 17.5 Å². The van der Waals surface area contributed by atoms with Crippen LogP contribution in [0.5, 0.6) is 0 Å². The smallest absolute Gasteiger partial charge is 0.0694 e. The normalized spacial score (nSPS) is 11.5. The van der Waals surface area contributed by atoms with Crippen LogP contribution in [-0.4, -0.2) is 16.3 Å². The Labute approximate surface area is 131 Å². The van der Waals surface area contributed by atoms with Crippen molar-refractivity contribution < 1.29 is 0 Å². The number of hydrogen-bond acceptors (Lipinski definition) is 2. The molecule has 0 bridgehead atoms. The second-order valence-corrected chi connectivity index (χ2v) is 6.52. The summed E-state index contributed by atoms with van der Waals surface area (Å²) < 4.78 is 1.93. The molecule has 0 fully saturated rings. The Morgan fingerprint density at radius 3 is 2.29 bits per heavy atom. The Bertz CT molecular complexity index is 369. The number of rotatable bonds is 12. The zero-order chi connectivity index (χ0) is 15.5. The van der Waals surface area contributed by atoms with Crippen molar-refractivity contribution in [1.82, 2.24) is 15.1 Å².